The van der Waals surface area contributed by atoms with Crippen LogP contribution in [0.3, 0.4) is 0 Å². The van der Waals surface area contributed by atoms with Crippen LogP contribution in [0.4, 0.5) is 0 Å². The lowest BCUT2D eigenvalue weighted by molar-refractivity contribution is -0.139. The molecule has 0 aromatic rings. The predicted molar refractivity (Wildman–Crippen MR) is 45.8 cm³/mol. The first kappa shape index (κ1) is 13.0. The highest BCUT2D eigenvalue weighted by Gasteiger charge is 2.11. The molecule has 0 aliphatic heterocycles. The Morgan fingerprint density at radius 2 is 1.91 bits per heavy atom. The van der Waals surface area contributed by atoms with Crippen molar-refractivity contribution in [1.29, 1.82) is 0 Å². The molecule has 0 spiro atoms. The van der Waals surface area contributed by atoms with E-state index in [1.165, 1.54) is 0 Å². The van der Waals surface area contributed by atoms with E-state index >= 15 is 0 Å². The average Bonchev–Trinajstić information content (AvgIpc) is 2.03. The van der Waals surface area contributed by atoms with Gasteiger partial charge in [-0.1, -0.05) is 13.8 Å². The molecule has 0 aliphatic carbocycles. The molecule has 0 saturated carbocycles. The molecule has 0 aliphatic rings. The van der Waals surface area contributed by atoms with Crippen molar-refractivity contribution in [2.75, 3.05) is 20.6 Å². The molecule has 68 valence electrons. The van der Waals surface area contributed by atoms with Crippen LogP contribution in [-0.4, -0.2) is 37.8 Å². The first-order chi connectivity index (χ1) is 5.22. The third-order valence-electron chi connectivity index (χ3n) is 1.05. The van der Waals surface area contributed by atoms with Crippen LogP contribution < -0.4 is 10.6 Å². The SMILES string of the molecule is CC.CNCC(NC)C(=O)O. The fourth-order valence-corrected chi connectivity index (χ4v) is 0.517. The summed E-state index contributed by atoms with van der Waals surface area (Å²) in [6, 6.07) is -0.477. The molecule has 0 aromatic carbocycles. The van der Waals surface area contributed by atoms with Gasteiger partial charge in [0.05, 0.1) is 0 Å². The molecule has 11 heavy (non-hydrogen) atoms. The van der Waals surface area contributed by atoms with Crippen molar-refractivity contribution in [2.24, 2.45) is 0 Å². The van der Waals surface area contributed by atoms with Crippen LogP contribution in [-0.2, 0) is 4.79 Å². The maximum absolute atomic E-state index is 10.2. The maximum Gasteiger partial charge on any atom is 0.322 e. The van der Waals surface area contributed by atoms with E-state index in [-0.39, 0.29) is 0 Å². The summed E-state index contributed by atoms with van der Waals surface area (Å²) in [6.07, 6.45) is 0. The zero-order chi connectivity index (χ0) is 9.28. The lowest BCUT2D eigenvalue weighted by Gasteiger charge is -2.08. The van der Waals surface area contributed by atoms with Crippen molar-refractivity contribution in [3.8, 4) is 0 Å². The fraction of sp³-hybridized carbons (Fsp3) is 0.857. The quantitative estimate of drug-likeness (QED) is 0.540. The molecule has 1 unspecified atom stereocenters. The summed E-state index contributed by atoms with van der Waals surface area (Å²) in [5, 5.41) is 13.8. The Balaban J connectivity index is 0. The van der Waals surface area contributed by atoms with Gasteiger partial charge in [-0.25, -0.2) is 0 Å². The van der Waals surface area contributed by atoms with Crippen molar-refractivity contribution in [1.82, 2.24) is 10.6 Å². The molecule has 0 rings (SSSR count). The van der Waals surface area contributed by atoms with Crippen molar-refractivity contribution in [2.45, 2.75) is 19.9 Å². The number of rotatable bonds is 4. The van der Waals surface area contributed by atoms with Gasteiger partial charge in [-0.05, 0) is 14.1 Å². The van der Waals surface area contributed by atoms with Crippen LogP contribution in [0.2, 0.25) is 0 Å². The van der Waals surface area contributed by atoms with E-state index in [1.807, 2.05) is 13.8 Å². The maximum atomic E-state index is 10.2. The van der Waals surface area contributed by atoms with Gasteiger partial charge in [-0.3, -0.25) is 4.79 Å². The van der Waals surface area contributed by atoms with Gasteiger partial charge in [0.25, 0.3) is 0 Å². The van der Waals surface area contributed by atoms with Gasteiger partial charge in [0.2, 0.25) is 0 Å². The van der Waals surface area contributed by atoms with Crippen LogP contribution in [0.25, 0.3) is 0 Å². The number of hydrogen-bond acceptors (Lipinski definition) is 3. The van der Waals surface area contributed by atoms with E-state index in [1.54, 1.807) is 14.1 Å². The fourth-order valence-electron chi connectivity index (χ4n) is 0.517. The molecule has 0 amide bonds. The molecular weight excluding hydrogens is 144 g/mol. The minimum Gasteiger partial charge on any atom is -0.480 e. The number of carbonyl (C=O) groups is 1. The van der Waals surface area contributed by atoms with Crippen molar-refractivity contribution in [3.05, 3.63) is 0 Å². The summed E-state index contributed by atoms with van der Waals surface area (Å²) < 4.78 is 0. The second-order valence-electron chi connectivity index (χ2n) is 1.74. The molecule has 3 N–H and O–H groups in total. The van der Waals surface area contributed by atoms with Gasteiger partial charge in [-0.2, -0.15) is 0 Å². The topological polar surface area (TPSA) is 61.4 Å². The van der Waals surface area contributed by atoms with E-state index in [2.05, 4.69) is 10.6 Å². The molecule has 0 fully saturated rings. The number of aliphatic carboxylic acids is 1. The lowest BCUT2D eigenvalue weighted by atomic mass is 10.3. The molecule has 0 aromatic heterocycles. The van der Waals surface area contributed by atoms with Crippen molar-refractivity contribution >= 4 is 5.97 Å². The molecule has 0 bridgehead atoms. The second-order valence-corrected chi connectivity index (χ2v) is 1.74. The van der Waals surface area contributed by atoms with Crippen LogP contribution in [0.15, 0.2) is 0 Å². The van der Waals surface area contributed by atoms with E-state index in [0.717, 1.165) is 0 Å². The zero-order valence-corrected chi connectivity index (χ0v) is 7.64. The highest BCUT2D eigenvalue weighted by molar-refractivity contribution is 5.73. The summed E-state index contributed by atoms with van der Waals surface area (Å²) >= 11 is 0. The third kappa shape index (κ3) is 7.29. The molecular formula is C7H18N2O2. The highest BCUT2D eigenvalue weighted by atomic mass is 16.4. The predicted octanol–water partition coefficient (Wildman–Crippen LogP) is -0.0954. The van der Waals surface area contributed by atoms with Crippen LogP contribution in [0.5, 0.6) is 0 Å². The van der Waals surface area contributed by atoms with E-state index in [0.29, 0.717) is 6.54 Å². The Morgan fingerprint density at radius 3 is 2.00 bits per heavy atom. The van der Waals surface area contributed by atoms with E-state index in [9.17, 15) is 4.79 Å². The Kier molecular flexibility index (Phi) is 11.1. The van der Waals surface area contributed by atoms with Crippen molar-refractivity contribution in [3.63, 3.8) is 0 Å². The number of carboxylic acid groups (broad SMARTS) is 1. The Bertz CT molecular complexity index is 96.4. The van der Waals surface area contributed by atoms with Crippen LogP contribution in [0.1, 0.15) is 13.8 Å². The summed E-state index contributed by atoms with van der Waals surface area (Å²) in [4.78, 5) is 10.2. The highest BCUT2D eigenvalue weighted by Crippen LogP contribution is 1.77. The first-order valence-electron chi connectivity index (χ1n) is 3.77. The second kappa shape index (κ2) is 9.39. The standard InChI is InChI=1S/C5H12N2O2.C2H6/c1-6-3-4(7-2)5(8)9;1-2/h4,6-7H,3H2,1-2H3,(H,8,9);1-2H3. The summed E-state index contributed by atoms with van der Waals surface area (Å²) in [5.74, 6) is -0.827. The van der Waals surface area contributed by atoms with Crippen molar-refractivity contribution < 1.29 is 9.90 Å². The smallest absolute Gasteiger partial charge is 0.322 e. The van der Waals surface area contributed by atoms with Gasteiger partial charge < -0.3 is 15.7 Å². The number of nitrogens with one attached hydrogen (secondary N) is 2. The van der Waals surface area contributed by atoms with E-state index < -0.39 is 12.0 Å². The van der Waals surface area contributed by atoms with Crippen LogP contribution >= 0.6 is 0 Å². The van der Waals surface area contributed by atoms with Gasteiger partial charge >= 0.3 is 5.97 Å². The minimum absolute atomic E-state index is 0.450. The van der Waals surface area contributed by atoms with Gasteiger partial charge in [0.15, 0.2) is 0 Å². The number of hydrogen-bond donors (Lipinski definition) is 3. The molecule has 0 saturated heterocycles. The molecule has 1 atom stereocenters. The Morgan fingerprint density at radius 1 is 1.45 bits per heavy atom. The largest absolute Gasteiger partial charge is 0.480 e. The molecule has 0 heterocycles. The first-order valence-corrected chi connectivity index (χ1v) is 3.77. The Hall–Kier alpha value is -0.610. The lowest BCUT2D eigenvalue weighted by Crippen LogP contribution is -2.41. The van der Waals surface area contributed by atoms with Gasteiger partial charge in [0.1, 0.15) is 6.04 Å². The monoisotopic (exact) mass is 162 g/mol. The zero-order valence-electron chi connectivity index (χ0n) is 7.64. The normalized spacial score (nSPS) is 11.3. The summed E-state index contributed by atoms with van der Waals surface area (Å²) in [6.45, 7) is 4.45. The molecule has 4 heteroatoms. The summed E-state index contributed by atoms with van der Waals surface area (Å²) in [7, 11) is 3.34. The Labute approximate surface area is 68.0 Å². The number of carboxylic acids is 1. The average molecular weight is 162 g/mol. The summed E-state index contributed by atoms with van der Waals surface area (Å²) in [5.41, 5.74) is 0. The van der Waals surface area contributed by atoms with Gasteiger partial charge in [-0.15, -0.1) is 0 Å². The van der Waals surface area contributed by atoms with E-state index in [4.69, 9.17) is 5.11 Å². The third-order valence-corrected chi connectivity index (χ3v) is 1.05. The number of likely N-dealkylation sites (N-methyl/N-ethyl adjacent to an activating group) is 2. The van der Waals surface area contributed by atoms with Crippen LogP contribution in [0, 0.1) is 0 Å². The molecule has 4 nitrogen and oxygen atoms in total. The minimum atomic E-state index is -0.827. The molecule has 0 radical (unpaired) electrons. The van der Waals surface area contributed by atoms with Gasteiger partial charge in [0, 0.05) is 6.54 Å².